The van der Waals surface area contributed by atoms with Crippen LogP contribution in [0.25, 0.3) is 0 Å². The van der Waals surface area contributed by atoms with E-state index in [9.17, 15) is 0 Å². The van der Waals surface area contributed by atoms with Crippen LogP contribution < -0.4 is 10.2 Å². The molecule has 0 aliphatic heterocycles. The van der Waals surface area contributed by atoms with Gasteiger partial charge in [0.15, 0.2) is 5.82 Å². The van der Waals surface area contributed by atoms with Gasteiger partial charge in [0.05, 0.1) is 12.7 Å². The maximum absolute atomic E-state index is 5.54. The zero-order chi connectivity index (χ0) is 14.3. The van der Waals surface area contributed by atoms with E-state index < -0.39 is 0 Å². The number of anilines is 2. The maximum atomic E-state index is 5.54. The Morgan fingerprint density at radius 2 is 2.11 bits per heavy atom. The highest BCUT2D eigenvalue weighted by Crippen LogP contribution is 2.14. The van der Waals surface area contributed by atoms with Crippen molar-refractivity contribution in [2.24, 2.45) is 0 Å². The Labute approximate surface area is 115 Å². The van der Waals surface area contributed by atoms with Gasteiger partial charge < -0.3 is 19.7 Å². The lowest BCUT2D eigenvalue weighted by Crippen LogP contribution is -2.25. The molecule has 0 spiro atoms. The zero-order valence-corrected chi connectivity index (χ0v) is 12.4. The Morgan fingerprint density at radius 1 is 1.37 bits per heavy atom. The number of likely N-dealkylation sites (N-methyl/N-ethyl adjacent to an activating group) is 1. The highest BCUT2D eigenvalue weighted by atomic mass is 16.5. The maximum Gasteiger partial charge on any atom is 0.158 e. The predicted molar refractivity (Wildman–Crippen MR) is 76.6 cm³/mol. The van der Waals surface area contributed by atoms with Crippen LogP contribution in [-0.4, -0.2) is 50.4 Å². The number of hydrogen-bond donors (Lipinski definition) is 1. The molecule has 0 aliphatic rings. The summed E-state index contributed by atoms with van der Waals surface area (Å²) in [4.78, 5) is 10.8. The average Bonchev–Trinajstić information content (AvgIpc) is 2.38. The minimum Gasteiger partial charge on any atom is -0.377 e. The first-order chi connectivity index (χ1) is 9.06. The van der Waals surface area contributed by atoms with Crippen molar-refractivity contribution in [1.82, 2.24) is 9.97 Å². The molecule has 1 aromatic heterocycles. The molecule has 0 unspecified atom stereocenters. The molecule has 1 N–H and O–H groups in total. The first-order valence-electron chi connectivity index (χ1n) is 6.44. The van der Waals surface area contributed by atoms with Crippen molar-refractivity contribution < 1.29 is 9.47 Å². The smallest absolute Gasteiger partial charge is 0.158 e. The van der Waals surface area contributed by atoms with E-state index in [1.54, 1.807) is 7.11 Å². The van der Waals surface area contributed by atoms with Crippen molar-refractivity contribution in [1.29, 1.82) is 0 Å². The molecule has 0 aliphatic carbocycles. The Morgan fingerprint density at radius 3 is 2.68 bits per heavy atom. The molecule has 6 nitrogen and oxygen atoms in total. The summed E-state index contributed by atoms with van der Waals surface area (Å²) in [6, 6.07) is 1.91. The highest BCUT2D eigenvalue weighted by molar-refractivity contribution is 5.48. The second-order valence-corrected chi connectivity index (χ2v) is 4.55. The molecule has 1 rings (SSSR count). The van der Waals surface area contributed by atoms with E-state index in [1.165, 1.54) is 0 Å². The van der Waals surface area contributed by atoms with E-state index in [1.807, 2.05) is 38.9 Å². The normalized spacial score (nSPS) is 10.8. The van der Waals surface area contributed by atoms with E-state index in [0.29, 0.717) is 19.0 Å². The standard InChI is InChI=1S/C13H24N4O2/c1-10(2)19-7-6-17(4)13-8-11(14-3)15-12(16-13)9-18-5/h8,10H,6-7,9H2,1-5H3,(H,14,15,16). The largest absolute Gasteiger partial charge is 0.377 e. The fraction of sp³-hybridized carbons (Fsp3) is 0.692. The van der Waals surface area contributed by atoms with Gasteiger partial charge in [-0.2, -0.15) is 0 Å². The summed E-state index contributed by atoms with van der Waals surface area (Å²) in [5.41, 5.74) is 0. The van der Waals surface area contributed by atoms with Crippen LogP contribution >= 0.6 is 0 Å². The van der Waals surface area contributed by atoms with Gasteiger partial charge >= 0.3 is 0 Å². The van der Waals surface area contributed by atoms with Gasteiger partial charge in [0.2, 0.25) is 0 Å². The van der Waals surface area contributed by atoms with Crippen LogP contribution in [0.15, 0.2) is 6.07 Å². The number of nitrogens with zero attached hydrogens (tertiary/aromatic N) is 3. The van der Waals surface area contributed by atoms with Crippen molar-refractivity contribution in [3.8, 4) is 0 Å². The van der Waals surface area contributed by atoms with Crippen molar-refractivity contribution in [3.05, 3.63) is 11.9 Å². The quantitative estimate of drug-likeness (QED) is 0.771. The summed E-state index contributed by atoms with van der Waals surface area (Å²) in [5, 5.41) is 3.03. The van der Waals surface area contributed by atoms with E-state index in [4.69, 9.17) is 9.47 Å². The second kappa shape index (κ2) is 7.91. The van der Waals surface area contributed by atoms with Crippen molar-refractivity contribution in [2.45, 2.75) is 26.6 Å². The topological polar surface area (TPSA) is 59.5 Å². The van der Waals surface area contributed by atoms with Gasteiger partial charge in [-0.3, -0.25) is 0 Å². The molecule has 0 fully saturated rings. The van der Waals surface area contributed by atoms with Gasteiger partial charge in [0.25, 0.3) is 0 Å². The number of aromatic nitrogens is 2. The minimum absolute atomic E-state index is 0.246. The number of rotatable bonds is 8. The Bertz CT molecular complexity index is 385. The average molecular weight is 268 g/mol. The fourth-order valence-electron chi connectivity index (χ4n) is 1.54. The molecule has 1 heterocycles. The van der Waals surface area contributed by atoms with Crippen molar-refractivity contribution in [2.75, 3.05) is 44.6 Å². The summed E-state index contributed by atoms with van der Waals surface area (Å²) in [7, 11) is 5.46. The van der Waals surface area contributed by atoms with Gasteiger partial charge in [-0.15, -0.1) is 0 Å². The van der Waals surface area contributed by atoms with E-state index >= 15 is 0 Å². The predicted octanol–water partition coefficient (Wildman–Crippen LogP) is 1.53. The summed E-state index contributed by atoms with van der Waals surface area (Å²) >= 11 is 0. The molecule has 108 valence electrons. The molecule has 1 aromatic rings. The van der Waals surface area contributed by atoms with Crippen LogP contribution in [0.1, 0.15) is 19.7 Å². The minimum atomic E-state index is 0.246. The van der Waals surface area contributed by atoms with Crippen molar-refractivity contribution in [3.63, 3.8) is 0 Å². The molecule has 0 bridgehead atoms. The van der Waals surface area contributed by atoms with E-state index in [2.05, 4.69) is 15.3 Å². The second-order valence-electron chi connectivity index (χ2n) is 4.55. The van der Waals surface area contributed by atoms with Crippen LogP contribution in [0.5, 0.6) is 0 Å². The lowest BCUT2D eigenvalue weighted by Gasteiger charge is -2.20. The van der Waals surface area contributed by atoms with E-state index in [-0.39, 0.29) is 6.10 Å². The first kappa shape index (κ1) is 15.7. The summed E-state index contributed by atoms with van der Waals surface area (Å²) in [6.45, 7) is 5.91. The number of nitrogens with one attached hydrogen (secondary N) is 1. The van der Waals surface area contributed by atoms with Gasteiger partial charge in [-0.1, -0.05) is 0 Å². The summed E-state index contributed by atoms with van der Waals surface area (Å²) in [5.74, 6) is 2.31. The van der Waals surface area contributed by atoms with Gasteiger partial charge in [0.1, 0.15) is 18.2 Å². The van der Waals surface area contributed by atoms with E-state index in [0.717, 1.165) is 18.2 Å². The Kier molecular flexibility index (Phi) is 6.52. The molecule has 0 saturated heterocycles. The van der Waals surface area contributed by atoms with Gasteiger partial charge in [-0.05, 0) is 13.8 Å². The highest BCUT2D eigenvalue weighted by Gasteiger charge is 2.08. The molecule has 6 heteroatoms. The Balaban J connectivity index is 2.71. The fourth-order valence-corrected chi connectivity index (χ4v) is 1.54. The van der Waals surface area contributed by atoms with Crippen LogP contribution in [0.2, 0.25) is 0 Å². The van der Waals surface area contributed by atoms with Crippen LogP contribution in [0.3, 0.4) is 0 Å². The number of hydrogen-bond acceptors (Lipinski definition) is 6. The van der Waals surface area contributed by atoms with Crippen LogP contribution in [0, 0.1) is 0 Å². The Hall–Kier alpha value is -1.40. The third kappa shape index (κ3) is 5.40. The molecule has 0 atom stereocenters. The molecular formula is C13H24N4O2. The number of methoxy groups -OCH3 is 1. The van der Waals surface area contributed by atoms with Crippen LogP contribution in [-0.2, 0) is 16.1 Å². The SMILES string of the molecule is CNc1cc(N(C)CCOC(C)C)nc(COC)n1. The monoisotopic (exact) mass is 268 g/mol. The molecule has 0 aromatic carbocycles. The third-order valence-corrected chi connectivity index (χ3v) is 2.56. The first-order valence-corrected chi connectivity index (χ1v) is 6.44. The van der Waals surface area contributed by atoms with Crippen molar-refractivity contribution >= 4 is 11.6 Å². The molecule has 0 amide bonds. The zero-order valence-electron chi connectivity index (χ0n) is 12.4. The third-order valence-electron chi connectivity index (χ3n) is 2.56. The lowest BCUT2D eigenvalue weighted by atomic mass is 10.4. The molecule has 0 saturated carbocycles. The van der Waals surface area contributed by atoms with Crippen LogP contribution in [0.4, 0.5) is 11.6 Å². The molecular weight excluding hydrogens is 244 g/mol. The summed E-state index contributed by atoms with van der Waals surface area (Å²) in [6.07, 6.45) is 0.246. The molecule has 19 heavy (non-hydrogen) atoms. The van der Waals surface area contributed by atoms with Gasteiger partial charge in [-0.25, -0.2) is 9.97 Å². The molecule has 0 radical (unpaired) electrons. The lowest BCUT2D eigenvalue weighted by molar-refractivity contribution is 0.0845. The number of ether oxygens (including phenoxy) is 2. The van der Waals surface area contributed by atoms with Gasteiger partial charge in [0, 0.05) is 33.8 Å². The summed E-state index contributed by atoms with van der Waals surface area (Å²) < 4.78 is 10.6.